The standard InChI is InChI=1S/C17H26N6O2/c1-10-11(8-19-23(10)6)15-12(7-14(24)22(15)5)18-9-13-20-16(25-21-13)17(2,3)4/h8,12,15,18H,7,9H2,1-6H3/t12-,15+/m1/s1. The molecular formula is C17H26N6O2. The van der Waals surface area contributed by atoms with Gasteiger partial charge in [-0.25, -0.2) is 0 Å². The lowest BCUT2D eigenvalue weighted by molar-refractivity contribution is -0.127. The summed E-state index contributed by atoms with van der Waals surface area (Å²) in [6.07, 6.45) is 2.29. The fraction of sp³-hybridized carbons (Fsp3) is 0.647. The molecule has 1 aliphatic rings. The lowest BCUT2D eigenvalue weighted by atomic mass is 9.97. The SMILES string of the molecule is Cc1c([C@H]2[C@H](NCc3noc(C(C)(C)C)n3)CC(=O)N2C)cnn1C. The van der Waals surface area contributed by atoms with Crippen LogP contribution in [-0.4, -0.2) is 43.8 Å². The molecule has 0 saturated carbocycles. The Morgan fingerprint density at radius 3 is 2.64 bits per heavy atom. The maximum atomic E-state index is 12.2. The van der Waals surface area contributed by atoms with Gasteiger partial charge in [-0.15, -0.1) is 0 Å². The van der Waals surface area contributed by atoms with Crippen LogP contribution in [0.4, 0.5) is 0 Å². The lowest BCUT2D eigenvalue weighted by Gasteiger charge is -2.25. The highest BCUT2D eigenvalue weighted by atomic mass is 16.5. The van der Waals surface area contributed by atoms with Crippen molar-refractivity contribution in [1.82, 2.24) is 30.1 Å². The number of likely N-dealkylation sites (tertiary alicyclic amines) is 1. The van der Waals surface area contributed by atoms with Crippen molar-refractivity contribution < 1.29 is 9.32 Å². The molecule has 3 heterocycles. The van der Waals surface area contributed by atoms with Crippen molar-refractivity contribution in [3.8, 4) is 0 Å². The number of rotatable bonds is 4. The Morgan fingerprint density at radius 1 is 1.36 bits per heavy atom. The first-order chi connectivity index (χ1) is 11.7. The molecule has 2 aromatic rings. The van der Waals surface area contributed by atoms with E-state index in [0.29, 0.717) is 24.7 Å². The molecule has 0 aromatic carbocycles. The Labute approximate surface area is 147 Å². The summed E-state index contributed by atoms with van der Waals surface area (Å²) in [5.74, 6) is 1.34. The smallest absolute Gasteiger partial charge is 0.232 e. The molecule has 1 saturated heterocycles. The van der Waals surface area contributed by atoms with E-state index in [2.05, 4.69) is 20.6 Å². The number of carbonyl (C=O) groups is 1. The quantitative estimate of drug-likeness (QED) is 0.902. The molecule has 0 unspecified atom stereocenters. The Bertz CT molecular complexity index is 772. The second-order valence-electron chi connectivity index (χ2n) is 7.72. The van der Waals surface area contributed by atoms with Crippen LogP contribution < -0.4 is 5.32 Å². The third kappa shape index (κ3) is 3.30. The van der Waals surface area contributed by atoms with E-state index in [9.17, 15) is 4.79 Å². The summed E-state index contributed by atoms with van der Waals surface area (Å²) in [5.41, 5.74) is 1.95. The van der Waals surface area contributed by atoms with Crippen LogP contribution in [0.2, 0.25) is 0 Å². The fourth-order valence-electron chi connectivity index (χ4n) is 3.14. The third-order valence-corrected chi connectivity index (χ3v) is 4.81. The van der Waals surface area contributed by atoms with Crippen LogP contribution in [0.15, 0.2) is 10.7 Å². The molecule has 3 rings (SSSR count). The molecule has 0 radical (unpaired) electrons. The van der Waals surface area contributed by atoms with Gasteiger partial charge >= 0.3 is 0 Å². The molecule has 1 amide bonds. The second-order valence-corrected chi connectivity index (χ2v) is 7.72. The van der Waals surface area contributed by atoms with Crippen LogP contribution in [0.5, 0.6) is 0 Å². The maximum absolute atomic E-state index is 12.2. The molecule has 0 aliphatic carbocycles. The van der Waals surface area contributed by atoms with Crippen LogP contribution in [0.25, 0.3) is 0 Å². The van der Waals surface area contributed by atoms with Crippen LogP contribution in [0.1, 0.15) is 56.2 Å². The van der Waals surface area contributed by atoms with E-state index in [1.165, 1.54) is 0 Å². The van der Waals surface area contributed by atoms with E-state index in [0.717, 1.165) is 11.3 Å². The third-order valence-electron chi connectivity index (χ3n) is 4.81. The number of likely N-dealkylation sites (N-methyl/N-ethyl adjacent to an activating group) is 1. The second kappa shape index (κ2) is 6.25. The van der Waals surface area contributed by atoms with Crippen LogP contribution >= 0.6 is 0 Å². The molecule has 2 atom stereocenters. The summed E-state index contributed by atoms with van der Waals surface area (Å²) in [6.45, 7) is 8.57. The van der Waals surface area contributed by atoms with Gasteiger partial charge in [0, 0.05) is 43.2 Å². The van der Waals surface area contributed by atoms with Gasteiger partial charge in [-0.1, -0.05) is 25.9 Å². The summed E-state index contributed by atoms with van der Waals surface area (Å²) in [7, 11) is 3.75. The van der Waals surface area contributed by atoms with Crippen LogP contribution in [0.3, 0.4) is 0 Å². The number of aromatic nitrogens is 4. The first kappa shape index (κ1) is 17.6. The Morgan fingerprint density at radius 2 is 2.08 bits per heavy atom. The zero-order chi connectivity index (χ0) is 18.4. The van der Waals surface area contributed by atoms with Gasteiger partial charge in [0.2, 0.25) is 11.8 Å². The molecule has 2 aromatic heterocycles. The van der Waals surface area contributed by atoms with Gasteiger partial charge in [-0.2, -0.15) is 10.1 Å². The van der Waals surface area contributed by atoms with Crippen molar-refractivity contribution in [3.05, 3.63) is 29.2 Å². The number of hydrogen-bond acceptors (Lipinski definition) is 6. The summed E-state index contributed by atoms with van der Waals surface area (Å²) < 4.78 is 7.16. The van der Waals surface area contributed by atoms with Crippen molar-refractivity contribution >= 4 is 5.91 Å². The van der Waals surface area contributed by atoms with Gasteiger partial charge < -0.3 is 14.7 Å². The number of nitrogens with zero attached hydrogens (tertiary/aromatic N) is 5. The van der Waals surface area contributed by atoms with Crippen LogP contribution in [0, 0.1) is 6.92 Å². The number of amides is 1. The largest absolute Gasteiger partial charge is 0.339 e. The van der Waals surface area contributed by atoms with Crippen molar-refractivity contribution in [2.45, 2.75) is 58.2 Å². The molecule has 1 N–H and O–H groups in total. The first-order valence-corrected chi connectivity index (χ1v) is 8.49. The summed E-state index contributed by atoms with van der Waals surface area (Å²) >= 11 is 0. The van der Waals surface area contributed by atoms with Crippen LogP contribution in [-0.2, 0) is 23.8 Å². The molecule has 0 bridgehead atoms. The Balaban J connectivity index is 1.75. The van der Waals surface area contributed by atoms with Gasteiger partial charge in [0.25, 0.3) is 0 Å². The number of carbonyl (C=O) groups excluding carboxylic acids is 1. The van der Waals surface area contributed by atoms with Gasteiger partial charge in [0.05, 0.1) is 18.8 Å². The van der Waals surface area contributed by atoms with Crippen molar-refractivity contribution in [1.29, 1.82) is 0 Å². The van der Waals surface area contributed by atoms with E-state index in [1.54, 1.807) is 4.90 Å². The summed E-state index contributed by atoms with van der Waals surface area (Å²) in [6, 6.07) is -0.0628. The summed E-state index contributed by atoms with van der Waals surface area (Å²) in [4.78, 5) is 18.5. The zero-order valence-corrected chi connectivity index (χ0v) is 15.7. The number of hydrogen-bond donors (Lipinski definition) is 1. The van der Waals surface area contributed by atoms with Gasteiger partial charge in [0.15, 0.2) is 5.82 Å². The topological polar surface area (TPSA) is 89.1 Å². The predicted octanol–water partition coefficient (Wildman–Crippen LogP) is 1.47. The Hall–Kier alpha value is -2.22. The normalized spacial score (nSPS) is 21.4. The van der Waals surface area contributed by atoms with E-state index in [1.807, 2.05) is 52.7 Å². The minimum Gasteiger partial charge on any atom is -0.339 e. The van der Waals surface area contributed by atoms with Crippen molar-refractivity contribution in [3.63, 3.8) is 0 Å². The lowest BCUT2D eigenvalue weighted by Crippen LogP contribution is -2.35. The zero-order valence-electron chi connectivity index (χ0n) is 15.7. The molecule has 0 spiro atoms. The van der Waals surface area contributed by atoms with E-state index in [-0.39, 0.29) is 23.4 Å². The fourth-order valence-corrected chi connectivity index (χ4v) is 3.14. The minimum absolute atomic E-state index is 0.0167. The van der Waals surface area contributed by atoms with Crippen molar-refractivity contribution in [2.24, 2.45) is 7.05 Å². The highest BCUT2D eigenvalue weighted by molar-refractivity contribution is 5.80. The summed E-state index contributed by atoms with van der Waals surface area (Å²) in [5, 5.41) is 11.8. The van der Waals surface area contributed by atoms with E-state index >= 15 is 0 Å². The highest BCUT2D eigenvalue weighted by Crippen LogP contribution is 2.33. The highest BCUT2D eigenvalue weighted by Gasteiger charge is 2.40. The minimum atomic E-state index is -0.176. The Kier molecular flexibility index (Phi) is 4.40. The molecule has 8 nitrogen and oxygen atoms in total. The molecule has 25 heavy (non-hydrogen) atoms. The average molecular weight is 346 g/mol. The average Bonchev–Trinajstić information content (AvgIpc) is 3.20. The molecule has 1 fully saturated rings. The number of aryl methyl sites for hydroxylation is 1. The first-order valence-electron chi connectivity index (χ1n) is 8.49. The van der Waals surface area contributed by atoms with Gasteiger partial charge in [0.1, 0.15) is 0 Å². The van der Waals surface area contributed by atoms with Gasteiger partial charge in [-0.3, -0.25) is 9.48 Å². The number of nitrogens with one attached hydrogen (secondary N) is 1. The molecule has 8 heteroatoms. The maximum Gasteiger partial charge on any atom is 0.232 e. The van der Waals surface area contributed by atoms with Crippen molar-refractivity contribution in [2.75, 3.05) is 7.05 Å². The molecule has 136 valence electrons. The monoisotopic (exact) mass is 346 g/mol. The van der Waals surface area contributed by atoms with E-state index in [4.69, 9.17) is 4.52 Å². The van der Waals surface area contributed by atoms with Gasteiger partial charge in [-0.05, 0) is 6.92 Å². The molecular weight excluding hydrogens is 320 g/mol. The molecule has 1 aliphatic heterocycles. The predicted molar refractivity (Wildman–Crippen MR) is 91.7 cm³/mol. The van der Waals surface area contributed by atoms with E-state index < -0.39 is 0 Å².